The van der Waals surface area contributed by atoms with Crippen molar-refractivity contribution in [1.82, 2.24) is 9.97 Å². The van der Waals surface area contributed by atoms with Crippen LogP contribution in [0.4, 0.5) is 5.82 Å². The van der Waals surface area contributed by atoms with Crippen LogP contribution < -0.4 is 5.32 Å². The summed E-state index contributed by atoms with van der Waals surface area (Å²) < 4.78 is 0. The Labute approximate surface area is 202 Å². The molecule has 0 aliphatic carbocycles. The van der Waals surface area contributed by atoms with Gasteiger partial charge in [-0.3, -0.25) is 9.59 Å². The molecule has 35 heavy (non-hydrogen) atoms. The summed E-state index contributed by atoms with van der Waals surface area (Å²) >= 11 is 0. The molecule has 0 saturated heterocycles. The third kappa shape index (κ3) is 5.06. The molecule has 0 spiro atoms. The van der Waals surface area contributed by atoms with Crippen molar-refractivity contribution in [3.8, 4) is 11.3 Å². The number of anilines is 1. The SMILES string of the molecule is O=C(O)CCCCc1cc2cc(C(=O)Nc3cc4ccccc4[nH]3)ccc2nc1-c1ccccc1. The van der Waals surface area contributed by atoms with Gasteiger partial charge >= 0.3 is 5.97 Å². The van der Waals surface area contributed by atoms with Crippen LogP contribution in [0.25, 0.3) is 33.1 Å². The number of rotatable bonds is 8. The van der Waals surface area contributed by atoms with Crippen molar-refractivity contribution in [2.45, 2.75) is 25.7 Å². The van der Waals surface area contributed by atoms with Gasteiger partial charge in [0.1, 0.15) is 5.82 Å². The monoisotopic (exact) mass is 463 g/mol. The second-order valence-electron chi connectivity index (χ2n) is 8.59. The topological polar surface area (TPSA) is 95.1 Å². The summed E-state index contributed by atoms with van der Waals surface area (Å²) in [5.74, 6) is -0.336. The van der Waals surface area contributed by atoms with E-state index in [4.69, 9.17) is 10.1 Å². The van der Waals surface area contributed by atoms with Crippen LogP contribution in [-0.4, -0.2) is 27.0 Å². The number of benzene rings is 3. The molecule has 174 valence electrons. The normalized spacial score (nSPS) is 11.1. The van der Waals surface area contributed by atoms with Crippen molar-refractivity contribution in [2.24, 2.45) is 0 Å². The number of unbranched alkanes of at least 4 members (excludes halogenated alkanes) is 1. The van der Waals surface area contributed by atoms with E-state index in [1.807, 2.05) is 72.8 Å². The average molecular weight is 464 g/mol. The Morgan fingerprint density at radius 3 is 2.46 bits per heavy atom. The number of carboxylic acid groups (broad SMARTS) is 1. The fourth-order valence-corrected chi connectivity index (χ4v) is 4.32. The quantitative estimate of drug-likeness (QED) is 0.231. The van der Waals surface area contributed by atoms with Crippen LogP contribution in [0, 0.1) is 0 Å². The number of aromatic amines is 1. The number of carbonyl (C=O) groups excluding carboxylic acids is 1. The minimum absolute atomic E-state index is 0.153. The lowest BCUT2D eigenvalue weighted by Gasteiger charge is -2.12. The molecule has 3 aromatic carbocycles. The summed E-state index contributed by atoms with van der Waals surface area (Å²) in [4.78, 5) is 32.0. The zero-order valence-corrected chi connectivity index (χ0v) is 19.1. The summed E-state index contributed by atoms with van der Waals surface area (Å²) in [7, 11) is 0. The number of aliphatic carboxylic acids is 1. The molecule has 6 nitrogen and oxygen atoms in total. The van der Waals surface area contributed by atoms with Crippen molar-refractivity contribution < 1.29 is 14.7 Å². The zero-order chi connectivity index (χ0) is 24.2. The molecule has 2 aromatic heterocycles. The van der Waals surface area contributed by atoms with Gasteiger partial charge in [-0.1, -0.05) is 48.5 Å². The van der Waals surface area contributed by atoms with Gasteiger partial charge in [0.25, 0.3) is 5.91 Å². The van der Waals surface area contributed by atoms with Crippen LogP contribution in [0.1, 0.15) is 35.2 Å². The Balaban J connectivity index is 1.44. The molecule has 1 amide bonds. The molecule has 0 bridgehead atoms. The molecule has 0 unspecified atom stereocenters. The minimum atomic E-state index is -0.782. The predicted molar refractivity (Wildman–Crippen MR) is 139 cm³/mol. The number of hydrogen-bond donors (Lipinski definition) is 3. The summed E-state index contributed by atoms with van der Waals surface area (Å²) in [5, 5.41) is 13.8. The Bertz CT molecular complexity index is 1490. The number of fused-ring (bicyclic) bond motifs is 2. The Kier molecular flexibility index (Phi) is 6.26. The van der Waals surface area contributed by atoms with Crippen LogP contribution in [0.15, 0.2) is 84.9 Å². The zero-order valence-electron chi connectivity index (χ0n) is 19.1. The lowest BCUT2D eigenvalue weighted by Crippen LogP contribution is -2.12. The minimum Gasteiger partial charge on any atom is -0.481 e. The molecule has 0 atom stereocenters. The van der Waals surface area contributed by atoms with Crippen LogP contribution in [-0.2, 0) is 11.2 Å². The first kappa shape index (κ1) is 22.3. The number of carbonyl (C=O) groups is 2. The van der Waals surface area contributed by atoms with E-state index in [1.54, 1.807) is 6.07 Å². The van der Waals surface area contributed by atoms with Crippen LogP contribution >= 0.6 is 0 Å². The average Bonchev–Trinajstić information content (AvgIpc) is 3.28. The summed E-state index contributed by atoms with van der Waals surface area (Å²) in [6.45, 7) is 0. The molecule has 0 aliphatic heterocycles. The van der Waals surface area contributed by atoms with Crippen molar-refractivity contribution in [2.75, 3.05) is 5.32 Å². The molecule has 6 heteroatoms. The van der Waals surface area contributed by atoms with Crippen molar-refractivity contribution >= 4 is 39.5 Å². The number of aromatic nitrogens is 2. The smallest absolute Gasteiger partial charge is 0.303 e. The van der Waals surface area contributed by atoms with Crippen LogP contribution in [0.3, 0.4) is 0 Å². The van der Waals surface area contributed by atoms with Crippen molar-refractivity contribution in [3.63, 3.8) is 0 Å². The summed E-state index contributed by atoms with van der Waals surface area (Å²) in [6, 6.07) is 27.3. The molecule has 0 saturated carbocycles. The second kappa shape index (κ2) is 9.81. The first-order chi connectivity index (χ1) is 17.1. The van der Waals surface area contributed by atoms with Gasteiger partial charge in [0.2, 0.25) is 0 Å². The van der Waals surface area contributed by atoms with E-state index in [1.165, 1.54) is 0 Å². The first-order valence-corrected chi connectivity index (χ1v) is 11.7. The molecule has 0 aliphatic rings. The van der Waals surface area contributed by atoms with Gasteiger partial charge in [0.05, 0.1) is 11.2 Å². The van der Waals surface area contributed by atoms with Crippen LogP contribution in [0.2, 0.25) is 0 Å². The van der Waals surface area contributed by atoms with E-state index in [-0.39, 0.29) is 12.3 Å². The third-order valence-electron chi connectivity index (χ3n) is 6.07. The van der Waals surface area contributed by atoms with Gasteiger partial charge in [-0.15, -0.1) is 0 Å². The van der Waals surface area contributed by atoms with Gasteiger partial charge in [0.15, 0.2) is 0 Å². The highest BCUT2D eigenvalue weighted by Crippen LogP contribution is 2.28. The highest BCUT2D eigenvalue weighted by Gasteiger charge is 2.13. The number of para-hydroxylation sites is 1. The lowest BCUT2D eigenvalue weighted by molar-refractivity contribution is -0.137. The molecule has 3 N–H and O–H groups in total. The molecular weight excluding hydrogens is 438 g/mol. The van der Waals surface area contributed by atoms with Crippen LogP contribution in [0.5, 0.6) is 0 Å². The first-order valence-electron chi connectivity index (χ1n) is 11.7. The van der Waals surface area contributed by atoms with Gasteiger partial charge in [-0.25, -0.2) is 4.98 Å². The Morgan fingerprint density at radius 2 is 1.66 bits per heavy atom. The molecule has 0 fully saturated rings. The number of pyridine rings is 1. The maximum absolute atomic E-state index is 13.0. The van der Waals surface area contributed by atoms with Gasteiger partial charge in [-0.2, -0.15) is 0 Å². The highest BCUT2D eigenvalue weighted by molar-refractivity contribution is 6.07. The Hall–Kier alpha value is -4.45. The number of amides is 1. The molecular formula is C29H25N3O3. The fraction of sp³-hybridized carbons (Fsp3) is 0.138. The number of hydrogen-bond acceptors (Lipinski definition) is 3. The predicted octanol–water partition coefficient (Wildman–Crippen LogP) is 6.43. The molecule has 5 rings (SSSR count). The van der Waals surface area contributed by atoms with E-state index < -0.39 is 5.97 Å². The number of H-pyrrole nitrogens is 1. The lowest BCUT2D eigenvalue weighted by atomic mass is 9.98. The largest absolute Gasteiger partial charge is 0.481 e. The molecule has 2 heterocycles. The summed E-state index contributed by atoms with van der Waals surface area (Å²) in [6.07, 6.45) is 2.22. The van der Waals surface area contributed by atoms with E-state index in [0.717, 1.165) is 45.0 Å². The van der Waals surface area contributed by atoms with Gasteiger partial charge in [-0.05, 0) is 61.2 Å². The van der Waals surface area contributed by atoms with E-state index in [9.17, 15) is 9.59 Å². The highest BCUT2D eigenvalue weighted by atomic mass is 16.4. The van der Waals surface area contributed by atoms with Crippen molar-refractivity contribution in [3.05, 3.63) is 96.1 Å². The Morgan fingerprint density at radius 1 is 0.857 bits per heavy atom. The number of nitrogens with zero attached hydrogens (tertiary/aromatic N) is 1. The molecule has 5 aromatic rings. The van der Waals surface area contributed by atoms with E-state index in [0.29, 0.717) is 24.2 Å². The fourth-order valence-electron chi connectivity index (χ4n) is 4.32. The number of aryl methyl sites for hydroxylation is 1. The number of nitrogens with one attached hydrogen (secondary N) is 2. The standard InChI is InChI=1S/C29H25N3O3/c33-27(34)13-7-5-11-21-16-23-17-22(14-15-25(23)31-28(21)19-8-2-1-3-9-19)29(35)32-26-18-20-10-4-6-12-24(20)30-26/h1-4,6,8-10,12,14-18,30H,5,7,11,13H2,(H,32,35)(H,33,34). The number of carboxylic acids is 1. The third-order valence-corrected chi connectivity index (χ3v) is 6.07. The van der Waals surface area contributed by atoms with E-state index in [2.05, 4.69) is 16.4 Å². The maximum Gasteiger partial charge on any atom is 0.303 e. The maximum atomic E-state index is 13.0. The van der Waals surface area contributed by atoms with Gasteiger partial charge < -0.3 is 15.4 Å². The summed E-state index contributed by atoms with van der Waals surface area (Å²) in [5.41, 5.74) is 5.27. The van der Waals surface area contributed by atoms with Crippen molar-refractivity contribution in [1.29, 1.82) is 0 Å². The van der Waals surface area contributed by atoms with E-state index >= 15 is 0 Å². The second-order valence-corrected chi connectivity index (χ2v) is 8.59. The van der Waals surface area contributed by atoms with Gasteiger partial charge in [0, 0.05) is 33.8 Å². The molecule has 0 radical (unpaired) electrons.